The Hall–Kier alpha value is -4.59. The van der Waals surface area contributed by atoms with Crippen LogP contribution in [0.3, 0.4) is 0 Å². The summed E-state index contributed by atoms with van der Waals surface area (Å²) >= 11 is 0. The molecule has 2 amide bonds. The second-order valence-corrected chi connectivity index (χ2v) is 8.47. The maximum Gasteiger partial charge on any atom is 0.325 e. The molecule has 3 aromatic carbocycles. The lowest BCUT2D eigenvalue weighted by Crippen LogP contribution is -2.41. The zero-order valence-corrected chi connectivity index (χ0v) is 19.9. The van der Waals surface area contributed by atoms with Gasteiger partial charge in [-0.05, 0) is 29.8 Å². The van der Waals surface area contributed by atoms with Gasteiger partial charge in [0.15, 0.2) is 0 Å². The van der Waals surface area contributed by atoms with Gasteiger partial charge in [0.05, 0.1) is 26.0 Å². The predicted octanol–water partition coefficient (Wildman–Crippen LogP) is 3.68. The highest BCUT2D eigenvalue weighted by atomic mass is 16.5. The highest BCUT2D eigenvalue weighted by Crippen LogP contribution is 2.45. The van der Waals surface area contributed by atoms with Crippen LogP contribution in [0.15, 0.2) is 72.8 Å². The van der Waals surface area contributed by atoms with E-state index in [1.807, 2.05) is 66.7 Å². The largest absolute Gasteiger partial charge is 0.497 e. The van der Waals surface area contributed by atoms with Crippen LogP contribution in [0, 0.1) is 0 Å². The van der Waals surface area contributed by atoms with Crippen LogP contribution in [0.1, 0.15) is 27.5 Å². The standard InChI is InChI=1S/C28H25N3O5/c1-35-18-9-7-8-17(14-18)26-25(21-12-5-6-13-22(21)30-26)27-19-10-3-4-11-20(19)28(34)31(27)16-23(32)29-15-24(33)36-2/h3-14,27,30H,15-16H2,1-2H3,(H,29,32)/t27-/m0/s1. The zero-order valence-electron chi connectivity index (χ0n) is 19.9. The summed E-state index contributed by atoms with van der Waals surface area (Å²) in [6.07, 6.45) is 0. The highest BCUT2D eigenvalue weighted by molar-refractivity contribution is 6.03. The first-order chi connectivity index (χ1) is 17.5. The maximum atomic E-state index is 13.5. The number of nitrogens with one attached hydrogen (secondary N) is 2. The van der Waals surface area contributed by atoms with E-state index in [1.165, 1.54) is 7.11 Å². The molecule has 1 aliphatic heterocycles. The number of methoxy groups -OCH3 is 2. The third-order valence-corrected chi connectivity index (χ3v) is 6.41. The van der Waals surface area contributed by atoms with E-state index >= 15 is 0 Å². The average Bonchev–Trinajstić information content (AvgIpc) is 3.42. The second kappa shape index (κ2) is 9.58. The maximum absolute atomic E-state index is 13.5. The number of amides is 2. The van der Waals surface area contributed by atoms with Crippen molar-refractivity contribution in [3.8, 4) is 17.0 Å². The van der Waals surface area contributed by atoms with Crippen molar-refractivity contribution in [3.05, 3.63) is 89.5 Å². The van der Waals surface area contributed by atoms with E-state index in [0.29, 0.717) is 11.3 Å². The first kappa shape index (κ1) is 23.2. The van der Waals surface area contributed by atoms with Crippen molar-refractivity contribution in [1.82, 2.24) is 15.2 Å². The number of H-pyrrole nitrogens is 1. The van der Waals surface area contributed by atoms with Crippen LogP contribution < -0.4 is 10.1 Å². The molecule has 0 fully saturated rings. The Morgan fingerprint density at radius 1 is 1.00 bits per heavy atom. The number of benzene rings is 3. The van der Waals surface area contributed by atoms with Gasteiger partial charge in [0, 0.05) is 27.6 Å². The molecule has 8 nitrogen and oxygen atoms in total. The number of aromatic nitrogens is 1. The summed E-state index contributed by atoms with van der Waals surface area (Å²) in [6, 6.07) is 22.5. The molecule has 1 atom stereocenters. The predicted molar refractivity (Wildman–Crippen MR) is 135 cm³/mol. The van der Waals surface area contributed by atoms with Gasteiger partial charge in [0.25, 0.3) is 5.91 Å². The number of nitrogens with zero attached hydrogens (tertiary/aromatic N) is 1. The molecule has 4 aromatic rings. The molecule has 182 valence electrons. The molecule has 0 spiro atoms. The van der Waals surface area contributed by atoms with Crippen molar-refractivity contribution < 1.29 is 23.9 Å². The number of hydrogen-bond acceptors (Lipinski definition) is 5. The van der Waals surface area contributed by atoms with E-state index in [2.05, 4.69) is 15.0 Å². The van der Waals surface area contributed by atoms with Gasteiger partial charge < -0.3 is 24.7 Å². The molecule has 8 heteroatoms. The number of aromatic amines is 1. The van der Waals surface area contributed by atoms with E-state index in [1.54, 1.807) is 18.1 Å². The first-order valence-corrected chi connectivity index (χ1v) is 11.5. The Bertz CT molecular complexity index is 1480. The second-order valence-electron chi connectivity index (χ2n) is 8.47. The third-order valence-electron chi connectivity index (χ3n) is 6.41. The normalized spacial score (nSPS) is 14.6. The fourth-order valence-electron chi connectivity index (χ4n) is 4.75. The van der Waals surface area contributed by atoms with Gasteiger partial charge in [-0.3, -0.25) is 14.4 Å². The van der Waals surface area contributed by atoms with E-state index in [9.17, 15) is 14.4 Å². The molecular weight excluding hydrogens is 458 g/mol. The number of carbonyl (C=O) groups is 3. The van der Waals surface area contributed by atoms with E-state index in [-0.39, 0.29) is 19.0 Å². The van der Waals surface area contributed by atoms with Crippen molar-refractivity contribution in [1.29, 1.82) is 0 Å². The number of rotatable bonds is 7. The van der Waals surface area contributed by atoms with Crippen LogP contribution in [0.4, 0.5) is 0 Å². The summed E-state index contributed by atoms with van der Waals surface area (Å²) in [5.41, 5.74) is 4.90. The van der Waals surface area contributed by atoms with Crippen LogP contribution in [0.5, 0.6) is 5.75 Å². The summed E-state index contributed by atoms with van der Waals surface area (Å²) < 4.78 is 10.1. The lowest BCUT2D eigenvalue weighted by molar-refractivity contribution is -0.141. The molecule has 2 N–H and O–H groups in total. The van der Waals surface area contributed by atoms with E-state index in [4.69, 9.17) is 4.74 Å². The molecule has 0 bridgehead atoms. The Morgan fingerprint density at radius 2 is 1.78 bits per heavy atom. The number of esters is 1. The van der Waals surface area contributed by atoms with Crippen molar-refractivity contribution in [2.24, 2.45) is 0 Å². The van der Waals surface area contributed by atoms with Crippen LogP contribution in [0.25, 0.3) is 22.2 Å². The van der Waals surface area contributed by atoms with Gasteiger partial charge in [-0.1, -0.05) is 48.5 Å². The van der Waals surface area contributed by atoms with Crippen LogP contribution in [0.2, 0.25) is 0 Å². The Balaban J connectivity index is 1.65. The number of fused-ring (bicyclic) bond motifs is 2. The monoisotopic (exact) mass is 483 g/mol. The Morgan fingerprint density at radius 3 is 2.58 bits per heavy atom. The van der Waals surface area contributed by atoms with Gasteiger partial charge in [-0.15, -0.1) is 0 Å². The number of hydrogen-bond donors (Lipinski definition) is 2. The third kappa shape index (κ3) is 4.07. The molecule has 36 heavy (non-hydrogen) atoms. The lowest BCUT2D eigenvalue weighted by Gasteiger charge is -2.26. The van der Waals surface area contributed by atoms with E-state index < -0.39 is 17.9 Å². The van der Waals surface area contributed by atoms with Gasteiger partial charge in [0.1, 0.15) is 18.8 Å². The van der Waals surface area contributed by atoms with Gasteiger partial charge in [-0.25, -0.2) is 0 Å². The minimum Gasteiger partial charge on any atom is -0.497 e. The molecule has 0 radical (unpaired) electrons. The topological polar surface area (TPSA) is 101 Å². The molecule has 2 heterocycles. The van der Waals surface area contributed by atoms with Crippen LogP contribution >= 0.6 is 0 Å². The Kier molecular flexibility index (Phi) is 6.16. The smallest absolute Gasteiger partial charge is 0.325 e. The summed E-state index contributed by atoms with van der Waals surface area (Å²) in [6.45, 7) is -0.483. The van der Waals surface area contributed by atoms with E-state index in [0.717, 1.165) is 33.3 Å². The first-order valence-electron chi connectivity index (χ1n) is 11.5. The average molecular weight is 484 g/mol. The molecule has 0 aliphatic carbocycles. The van der Waals surface area contributed by atoms with Crippen LogP contribution in [-0.4, -0.2) is 55.0 Å². The number of ether oxygens (including phenoxy) is 2. The van der Waals surface area contributed by atoms with Gasteiger partial charge in [0.2, 0.25) is 5.91 Å². The van der Waals surface area contributed by atoms with Crippen molar-refractivity contribution >= 4 is 28.7 Å². The lowest BCUT2D eigenvalue weighted by atomic mass is 9.93. The van der Waals surface area contributed by atoms with Crippen molar-refractivity contribution in [2.45, 2.75) is 6.04 Å². The zero-order chi connectivity index (χ0) is 25.2. The Labute approximate surface area is 207 Å². The number of para-hydroxylation sites is 1. The van der Waals surface area contributed by atoms with Gasteiger partial charge in [-0.2, -0.15) is 0 Å². The fraction of sp³-hybridized carbons (Fsp3) is 0.179. The summed E-state index contributed by atoms with van der Waals surface area (Å²) in [5.74, 6) is -0.549. The minimum atomic E-state index is -0.562. The van der Waals surface area contributed by atoms with Crippen molar-refractivity contribution in [2.75, 3.05) is 27.3 Å². The summed E-state index contributed by atoms with van der Waals surface area (Å²) in [5, 5.41) is 3.49. The van der Waals surface area contributed by atoms with Crippen LogP contribution in [-0.2, 0) is 14.3 Å². The summed E-state index contributed by atoms with van der Waals surface area (Å²) in [4.78, 5) is 42.9. The molecule has 1 aromatic heterocycles. The molecule has 5 rings (SSSR count). The highest BCUT2D eigenvalue weighted by Gasteiger charge is 2.41. The van der Waals surface area contributed by atoms with Gasteiger partial charge >= 0.3 is 5.97 Å². The molecule has 1 aliphatic rings. The molecule has 0 saturated carbocycles. The molecular formula is C28H25N3O5. The molecule has 0 saturated heterocycles. The molecule has 0 unspecified atom stereocenters. The quantitative estimate of drug-likeness (QED) is 0.391. The minimum absolute atomic E-state index is 0.216. The SMILES string of the molecule is COC(=O)CNC(=O)CN1C(=O)c2ccccc2[C@H]1c1c(-c2cccc(OC)c2)[nH]c2ccccc12. The number of carbonyl (C=O) groups excluding carboxylic acids is 3. The fourth-order valence-corrected chi connectivity index (χ4v) is 4.75. The summed E-state index contributed by atoms with van der Waals surface area (Å²) in [7, 11) is 2.87. The van der Waals surface area contributed by atoms with Crippen molar-refractivity contribution in [3.63, 3.8) is 0 Å².